The number of hydrogen-bond donors (Lipinski definition) is 1. The third kappa shape index (κ3) is 4.97. The summed E-state index contributed by atoms with van der Waals surface area (Å²) in [6, 6.07) is 22.6. The first-order valence-corrected chi connectivity index (χ1v) is 12.1. The largest absolute Gasteiger partial charge is 0.334 e. The van der Waals surface area contributed by atoms with Crippen LogP contribution >= 0.6 is 0 Å². The standard InChI is InChI=1S/C29H32N4O2/c1-5-26(32(6-2)29(35)30-19-22-12-8-7-9-13-22)27-31-25-15-11-10-14-24(25)28(34)33(27)23-17-16-20(3)21(4)18-23/h7-18,26H,5-6,19H2,1-4H3,(H,30,35). The third-order valence-electron chi connectivity index (χ3n) is 6.50. The number of benzene rings is 3. The topological polar surface area (TPSA) is 67.2 Å². The van der Waals surface area contributed by atoms with E-state index in [9.17, 15) is 9.59 Å². The number of nitrogens with zero attached hydrogens (tertiary/aromatic N) is 3. The van der Waals surface area contributed by atoms with E-state index >= 15 is 0 Å². The summed E-state index contributed by atoms with van der Waals surface area (Å²) in [7, 11) is 0. The minimum absolute atomic E-state index is 0.131. The summed E-state index contributed by atoms with van der Waals surface area (Å²) in [6.45, 7) is 8.96. The summed E-state index contributed by atoms with van der Waals surface area (Å²) in [4.78, 5) is 33.8. The Labute approximate surface area is 206 Å². The van der Waals surface area contributed by atoms with Crippen LogP contribution in [0.2, 0.25) is 0 Å². The highest BCUT2D eigenvalue weighted by Crippen LogP contribution is 2.26. The summed E-state index contributed by atoms with van der Waals surface area (Å²) in [5, 5.41) is 3.59. The van der Waals surface area contributed by atoms with Crippen molar-refractivity contribution in [2.45, 2.75) is 46.7 Å². The van der Waals surface area contributed by atoms with E-state index in [4.69, 9.17) is 4.98 Å². The van der Waals surface area contributed by atoms with Crippen molar-refractivity contribution < 1.29 is 4.79 Å². The van der Waals surface area contributed by atoms with E-state index in [1.807, 2.05) is 94.4 Å². The molecule has 0 radical (unpaired) electrons. The quantitative estimate of drug-likeness (QED) is 0.379. The van der Waals surface area contributed by atoms with E-state index < -0.39 is 0 Å². The molecule has 1 N–H and O–H groups in total. The van der Waals surface area contributed by atoms with Gasteiger partial charge in [-0.3, -0.25) is 9.36 Å². The number of aryl methyl sites for hydroxylation is 2. The van der Waals surface area contributed by atoms with E-state index in [1.54, 1.807) is 15.5 Å². The van der Waals surface area contributed by atoms with Gasteiger partial charge >= 0.3 is 6.03 Å². The lowest BCUT2D eigenvalue weighted by Gasteiger charge is -2.31. The first-order valence-electron chi connectivity index (χ1n) is 12.1. The Balaban J connectivity index is 1.81. The van der Waals surface area contributed by atoms with Crippen molar-refractivity contribution in [2.75, 3.05) is 6.54 Å². The number of rotatable bonds is 7. The van der Waals surface area contributed by atoms with Crippen LogP contribution in [-0.2, 0) is 6.54 Å². The molecule has 0 fully saturated rings. The average molecular weight is 469 g/mol. The lowest BCUT2D eigenvalue weighted by Crippen LogP contribution is -2.43. The van der Waals surface area contributed by atoms with Crippen LogP contribution in [0.3, 0.4) is 0 Å². The zero-order valence-electron chi connectivity index (χ0n) is 20.8. The van der Waals surface area contributed by atoms with Crippen molar-refractivity contribution in [3.63, 3.8) is 0 Å². The van der Waals surface area contributed by atoms with Gasteiger partial charge in [0.05, 0.1) is 22.6 Å². The molecular weight excluding hydrogens is 436 g/mol. The summed E-state index contributed by atoms with van der Waals surface area (Å²) in [6.07, 6.45) is 0.613. The molecule has 180 valence electrons. The minimum atomic E-state index is -0.380. The van der Waals surface area contributed by atoms with Gasteiger partial charge < -0.3 is 10.2 Å². The van der Waals surface area contributed by atoms with Crippen LogP contribution in [0.5, 0.6) is 0 Å². The lowest BCUT2D eigenvalue weighted by molar-refractivity contribution is 0.171. The first kappa shape index (κ1) is 24.2. The predicted octanol–water partition coefficient (Wildman–Crippen LogP) is 5.69. The second kappa shape index (κ2) is 10.6. The zero-order valence-corrected chi connectivity index (χ0v) is 20.8. The summed E-state index contributed by atoms with van der Waals surface area (Å²) in [5.74, 6) is 0.566. The van der Waals surface area contributed by atoms with Gasteiger partial charge in [0.2, 0.25) is 0 Å². The number of hydrogen-bond acceptors (Lipinski definition) is 3. The Morgan fingerprint density at radius 3 is 2.37 bits per heavy atom. The Morgan fingerprint density at radius 1 is 0.971 bits per heavy atom. The van der Waals surface area contributed by atoms with E-state index in [0.717, 1.165) is 22.4 Å². The van der Waals surface area contributed by atoms with Gasteiger partial charge in [-0.25, -0.2) is 9.78 Å². The van der Waals surface area contributed by atoms with Gasteiger partial charge in [0.1, 0.15) is 5.82 Å². The Morgan fingerprint density at radius 2 is 1.69 bits per heavy atom. The number of fused-ring (bicyclic) bond motifs is 1. The Kier molecular flexibility index (Phi) is 7.30. The monoisotopic (exact) mass is 468 g/mol. The number of para-hydroxylation sites is 1. The molecule has 1 aromatic heterocycles. The first-order chi connectivity index (χ1) is 16.9. The van der Waals surface area contributed by atoms with Gasteiger partial charge in [-0.15, -0.1) is 0 Å². The molecule has 0 spiro atoms. The number of nitrogens with one attached hydrogen (secondary N) is 1. The second-order valence-corrected chi connectivity index (χ2v) is 8.75. The van der Waals surface area contributed by atoms with Crippen molar-refractivity contribution in [3.05, 3.63) is 106 Å². The maximum atomic E-state index is 13.8. The highest BCUT2D eigenvalue weighted by atomic mass is 16.2. The van der Waals surface area contributed by atoms with Crippen LogP contribution < -0.4 is 10.9 Å². The van der Waals surface area contributed by atoms with Crippen LogP contribution in [0.4, 0.5) is 4.79 Å². The van der Waals surface area contributed by atoms with E-state index in [1.165, 1.54) is 0 Å². The molecule has 3 aromatic carbocycles. The Bertz CT molecular complexity index is 1400. The smallest absolute Gasteiger partial charge is 0.318 e. The molecule has 2 amide bonds. The Hall–Kier alpha value is -3.93. The molecule has 1 heterocycles. The maximum Gasteiger partial charge on any atom is 0.318 e. The number of carbonyl (C=O) groups is 1. The molecule has 6 heteroatoms. The molecule has 35 heavy (non-hydrogen) atoms. The molecular formula is C29H32N4O2. The van der Waals surface area contributed by atoms with Crippen LogP contribution in [-0.4, -0.2) is 27.0 Å². The van der Waals surface area contributed by atoms with Crippen LogP contribution in [0.1, 0.15) is 48.8 Å². The van der Waals surface area contributed by atoms with Crippen molar-refractivity contribution in [3.8, 4) is 5.69 Å². The molecule has 0 aliphatic rings. The number of aromatic nitrogens is 2. The third-order valence-corrected chi connectivity index (χ3v) is 6.50. The molecule has 6 nitrogen and oxygen atoms in total. The number of amides is 2. The minimum Gasteiger partial charge on any atom is -0.334 e. The SMILES string of the molecule is CCC(c1nc2ccccc2c(=O)n1-c1ccc(C)c(C)c1)N(CC)C(=O)NCc1ccccc1. The molecule has 1 unspecified atom stereocenters. The van der Waals surface area contributed by atoms with E-state index in [0.29, 0.717) is 36.2 Å². The van der Waals surface area contributed by atoms with Crippen molar-refractivity contribution >= 4 is 16.9 Å². The van der Waals surface area contributed by atoms with Gasteiger partial charge in [-0.1, -0.05) is 55.5 Å². The molecule has 4 rings (SSSR count). The zero-order chi connectivity index (χ0) is 24.9. The number of carbonyl (C=O) groups excluding carboxylic acids is 1. The van der Waals surface area contributed by atoms with Crippen LogP contribution in [0, 0.1) is 13.8 Å². The lowest BCUT2D eigenvalue weighted by atomic mass is 10.1. The summed E-state index contributed by atoms with van der Waals surface area (Å²) in [5.41, 5.74) is 4.53. The molecule has 0 bridgehead atoms. The highest BCUT2D eigenvalue weighted by molar-refractivity contribution is 5.78. The predicted molar refractivity (Wildman–Crippen MR) is 141 cm³/mol. The van der Waals surface area contributed by atoms with Gasteiger partial charge in [-0.2, -0.15) is 0 Å². The fraction of sp³-hybridized carbons (Fsp3) is 0.276. The van der Waals surface area contributed by atoms with Gasteiger partial charge in [-0.05, 0) is 68.1 Å². The van der Waals surface area contributed by atoms with E-state index in [-0.39, 0.29) is 17.6 Å². The average Bonchev–Trinajstić information content (AvgIpc) is 2.88. The molecule has 1 atom stereocenters. The molecule has 0 aliphatic carbocycles. The second-order valence-electron chi connectivity index (χ2n) is 8.75. The highest BCUT2D eigenvalue weighted by Gasteiger charge is 2.28. The van der Waals surface area contributed by atoms with Crippen molar-refractivity contribution in [2.24, 2.45) is 0 Å². The van der Waals surface area contributed by atoms with E-state index in [2.05, 4.69) is 5.32 Å². The van der Waals surface area contributed by atoms with Crippen molar-refractivity contribution in [1.82, 2.24) is 19.8 Å². The molecule has 4 aromatic rings. The van der Waals surface area contributed by atoms with Gasteiger partial charge in [0, 0.05) is 13.1 Å². The number of urea groups is 1. The van der Waals surface area contributed by atoms with Gasteiger partial charge in [0.25, 0.3) is 5.56 Å². The molecule has 0 saturated heterocycles. The fourth-order valence-corrected chi connectivity index (χ4v) is 4.41. The molecule has 0 aliphatic heterocycles. The summed E-state index contributed by atoms with van der Waals surface area (Å²) < 4.78 is 1.68. The normalized spacial score (nSPS) is 11.9. The maximum absolute atomic E-state index is 13.8. The van der Waals surface area contributed by atoms with Crippen molar-refractivity contribution in [1.29, 1.82) is 0 Å². The van der Waals surface area contributed by atoms with Crippen LogP contribution in [0.25, 0.3) is 16.6 Å². The van der Waals surface area contributed by atoms with Crippen LogP contribution in [0.15, 0.2) is 77.6 Å². The summed E-state index contributed by atoms with van der Waals surface area (Å²) >= 11 is 0. The fourth-order valence-electron chi connectivity index (χ4n) is 4.41. The van der Waals surface area contributed by atoms with Gasteiger partial charge in [0.15, 0.2) is 0 Å². The molecule has 0 saturated carbocycles.